The Morgan fingerprint density at radius 3 is 2.62 bits per heavy atom. The van der Waals surface area contributed by atoms with Gasteiger partial charge in [-0.05, 0) is 30.3 Å². The molecule has 0 bridgehead atoms. The number of aromatic nitrogens is 2. The predicted octanol–water partition coefficient (Wildman–Crippen LogP) is 1.82. The molecule has 1 aromatic heterocycles. The summed E-state index contributed by atoms with van der Waals surface area (Å²) in [5, 5.41) is 4.47. The van der Waals surface area contributed by atoms with E-state index in [0.717, 1.165) is 24.5 Å². The van der Waals surface area contributed by atoms with Crippen molar-refractivity contribution >= 4 is 29.9 Å². The van der Waals surface area contributed by atoms with Crippen LogP contribution in [0.3, 0.4) is 0 Å². The summed E-state index contributed by atoms with van der Waals surface area (Å²) in [7, 11) is 0. The summed E-state index contributed by atoms with van der Waals surface area (Å²) in [5.74, 6) is 0.306. The number of nitrogens with zero attached hydrogens (tertiary/aromatic N) is 4. The molecule has 1 aliphatic heterocycles. The Morgan fingerprint density at radius 2 is 1.92 bits per heavy atom. The van der Waals surface area contributed by atoms with E-state index in [4.69, 9.17) is 10.5 Å². The van der Waals surface area contributed by atoms with Crippen LogP contribution in [0.15, 0.2) is 41.5 Å². The molecule has 24 heavy (non-hydrogen) atoms. The largest absolute Gasteiger partial charge is 0.378 e. The van der Waals surface area contributed by atoms with Crippen molar-refractivity contribution in [2.75, 3.05) is 32.8 Å². The first-order valence-electron chi connectivity index (χ1n) is 7.65. The standard InChI is InChI=1S/C16H20FN5O.HI/c17-13-1-3-15(4-2-13)22-8-6-14(20-22)5-7-19-16(18)21-9-11-23-12-10-21;/h1-4,6,8H,5,7,9-12H2,(H2,18,19);1H. The molecule has 2 heterocycles. The Labute approximate surface area is 157 Å². The number of guanidine groups is 1. The van der Waals surface area contributed by atoms with E-state index in [2.05, 4.69) is 10.1 Å². The second-order valence-corrected chi connectivity index (χ2v) is 5.32. The van der Waals surface area contributed by atoms with Crippen molar-refractivity contribution in [1.29, 1.82) is 0 Å². The van der Waals surface area contributed by atoms with E-state index in [9.17, 15) is 4.39 Å². The van der Waals surface area contributed by atoms with Crippen molar-refractivity contribution in [3.8, 4) is 5.69 Å². The summed E-state index contributed by atoms with van der Waals surface area (Å²) in [6.45, 7) is 3.54. The lowest BCUT2D eigenvalue weighted by Crippen LogP contribution is -2.44. The Hall–Kier alpha value is -1.68. The van der Waals surface area contributed by atoms with Gasteiger partial charge in [-0.25, -0.2) is 9.07 Å². The summed E-state index contributed by atoms with van der Waals surface area (Å²) in [4.78, 5) is 6.43. The molecule has 130 valence electrons. The molecule has 1 aliphatic rings. The summed E-state index contributed by atoms with van der Waals surface area (Å²) in [5.41, 5.74) is 7.73. The fourth-order valence-electron chi connectivity index (χ4n) is 2.41. The third-order valence-electron chi connectivity index (χ3n) is 3.71. The number of benzene rings is 1. The Morgan fingerprint density at radius 1 is 1.21 bits per heavy atom. The number of nitrogens with two attached hydrogens (primary N) is 1. The molecule has 0 unspecified atom stereocenters. The molecule has 1 fully saturated rings. The van der Waals surface area contributed by atoms with Gasteiger partial charge in [0, 0.05) is 32.3 Å². The first-order valence-corrected chi connectivity index (χ1v) is 7.65. The molecule has 0 aliphatic carbocycles. The monoisotopic (exact) mass is 445 g/mol. The second kappa shape index (κ2) is 8.97. The zero-order valence-corrected chi connectivity index (χ0v) is 15.6. The van der Waals surface area contributed by atoms with Crippen LogP contribution in [-0.2, 0) is 11.2 Å². The highest BCUT2D eigenvalue weighted by molar-refractivity contribution is 14.0. The highest BCUT2D eigenvalue weighted by Crippen LogP contribution is 2.09. The third-order valence-corrected chi connectivity index (χ3v) is 3.71. The van der Waals surface area contributed by atoms with Crippen molar-refractivity contribution in [1.82, 2.24) is 14.7 Å². The second-order valence-electron chi connectivity index (χ2n) is 5.32. The van der Waals surface area contributed by atoms with Gasteiger partial charge in [0.05, 0.1) is 24.6 Å². The van der Waals surface area contributed by atoms with Crippen molar-refractivity contribution in [2.24, 2.45) is 10.7 Å². The van der Waals surface area contributed by atoms with Gasteiger partial charge in [0.15, 0.2) is 5.96 Å². The molecule has 1 saturated heterocycles. The van der Waals surface area contributed by atoms with Gasteiger partial charge in [-0.2, -0.15) is 5.10 Å². The summed E-state index contributed by atoms with van der Waals surface area (Å²) >= 11 is 0. The molecule has 0 atom stereocenters. The van der Waals surface area contributed by atoms with Gasteiger partial charge >= 0.3 is 0 Å². The zero-order valence-electron chi connectivity index (χ0n) is 13.3. The Balaban J connectivity index is 0.00000208. The average molecular weight is 445 g/mol. The minimum atomic E-state index is -0.256. The van der Waals surface area contributed by atoms with E-state index < -0.39 is 0 Å². The molecule has 3 rings (SSSR count). The van der Waals surface area contributed by atoms with Gasteiger partial charge in [-0.1, -0.05) is 0 Å². The summed E-state index contributed by atoms with van der Waals surface area (Å²) in [6.07, 6.45) is 2.57. The first-order chi connectivity index (χ1) is 11.2. The van der Waals surface area contributed by atoms with Gasteiger partial charge in [0.1, 0.15) is 5.82 Å². The maximum atomic E-state index is 12.9. The third kappa shape index (κ3) is 4.91. The highest BCUT2D eigenvalue weighted by atomic mass is 127. The number of halogens is 2. The van der Waals surface area contributed by atoms with Crippen molar-refractivity contribution in [3.63, 3.8) is 0 Å². The molecule has 8 heteroatoms. The minimum Gasteiger partial charge on any atom is -0.378 e. The lowest BCUT2D eigenvalue weighted by Gasteiger charge is -2.27. The lowest BCUT2D eigenvalue weighted by molar-refractivity contribution is 0.0674. The molecule has 1 aromatic carbocycles. The molecule has 0 spiro atoms. The summed E-state index contributed by atoms with van der Waals surface area (Å²) in [6, 6.07) is 8.17. The molecule has 2 N–H and O–H groups in total. The maximum Gasteiger partial charge on any atom is 0.191 e. The lowest BCUT2D eigenvalue weighted by atomic mass is 10.3. The van der Waals surface area contributed by atoms with E-state index in [1.165, 1.54) is 12.1 Å². The van der Waals surface area contributed by atoms with E-state index in [1.807, 2.05) is 17.2 Å². The van der Waals surface area contributed by atoms with Gasteiger partial charge in [0.25, 0.3) is 0 Å². The molecule has 2 aromatic rings. The predicted molar refractivity (Wildman–Crippen MR) is 102 cm³/mol. The van der Waals surface area contributed by atoms with Crippen LogP contribution in [0.2, 0.25) is 0 Å². The number of morpholine rings is 1. The summed E-state index contributed by atoms with van der Waals surface area (Å²) < 4.78 is 19.9. The van der Waals surface area contributed by atoms with Crippen LogP contribution in [-0.4, -0.2) is 53.5 Å². The Kier molecular flexibility index (Phi) is 6.98. The first kappa shape index (κ1) is 18.7. The normalized spacial score (nSPS) is 15.2. The molecular formula is C16H21FIN5O. The van der Waals surface area contributed by atoms with E-state index in [0.29, 0.717) is 32.1 Å². The van der Waals surface area contributed by atoms with Crippen LogP contribution in [0.5, 0.6) is 0 Å². The van der Waals surface area contributed by atoms with Crippen LogP contribution >= 0.6 is 24.0 Å². The number of hydrogen-bond donors (Lipinski definition) is 1. The zero-order chi connectivity index (χ0) is 16.1. The molecule has 6 nitrogen and oxygen atoms in total. The van der Waals surface area contributed by atoms with Crippen LogP contribution < -0.4 is 5.73 Å². The van der Waals surface area contributed by atoms with Crippen molar-refractivity contribution in [3.05, 3.63) is 48.0 Å². The Bertz CT molecular complexity index is 667. The highest BCUT2D eigenvalue weighted by Gasteiger charge is 2.11. The molecular weight excluding hydrogens is 424 g/mol. The maximum absolute atomic E-state index is 12.9. The number of hydrogen-bond acceptors (Lipinski definition) is 3. The number of ether oxygens (including phenoxy) is 1. The van der Waals surface area contributed by atoms with Gasteiger partial charge in [-0.3, -0.25) is 4.99 Å². The van der Waals surface area contributed by atoms with Gasteiger partial charge in [-0.15, -0.1) is 24.0 Å². The quantitative estimate of drug-likeness (QED) is 0.443. The van der Waals surface area contributed by atoms with Crippen molar-refractivity contribution in [2.45, 2.75) is 6.42 Å². The average Bonchev–Trinajstić information content (AvgIpc) is 3.05. The number of aliphatic imine (C=N–C) groups is 1. The molecule has 0 amide bonds. The fourth-order valence-corrected chi connectivity index (χ4v) is 2.41. The van der Waals surface area contributed by atoms with Crippen LogP contribution in [0.4, 0.5) is 4.39 Å². The van der Waals surface area contributed by atoms with Crippen molar-refractivity contribution < 1.29 is 9.13 Å². The van der Waals surface area contributed by atoms with E-state index in [-0.39, 0.29) is 29.8 Å². The fraction of sp³-hybridized carbons (Fsp3) is 0.375. The van der Waals surface area contributed by atoms with E-state index >= 15 is 0 Å². The van der Waals surface area contributed by atoms with E-state index in [1.54, 1.807) is 16.8 Å². The topological polar surface area (TPSA) is 68.7 Å². The van der Waals surface area contributed by atoms with Gasteiger partial charge in [0.2, 0.25) is 0 Å². The van der Waals surface area contributed by atoms with Crippen LogP contribution in [0.1, 0.15) is 5.69 Å². The molecule has 0 radical (unpaired) electrons. The minimum absolute atomic E-state index is 0. The van der Waals surface area contributed by atoms with Gasteiger partial charge < -0.3 is 15.4 Å². The van der Waals surface area contributed by atoms with Crippen LogP contribution in [0.25, 0.3) is 5.69 Å². The number of rotatable bonds is 4. The SMILES string of the molecule is I.NC(=NCCc1ccn(-c2ccc(F)cc2)n1)N1CCOCC1. The van der Waals surface area contributed by atoms with Crippen LogP contribution in [0, 0.1) is 5.82 Å². The smallest absolute Gasteiger partial charge is 0.191 e. The molecule has 0 saturated carbocycles.